The molecule has 0 bridgehead atoms. The monoisotopic (exact) mass is 508 g/mol. The highest BCUT2D eigenvalue weighted by molar-refractivity contribution is 7.92. The van der Waals surface area contributed by atoms with Crippen molar-refractivity contribution in [1.29, 1.82) is 0 Å². The minimum Gasteiger partial charge on any atom is -0.365 e. The second-order valence-corrected chi connectivity index (χ2v) is 9.50. The lowest BCUT2D eigenvalue weighted by Gasteiger charge is -2.18. The van der Waals surface area contributed by atoms with E-state index in [1.807, 2.05) is 0 Å². The molecule has 0 aliphatic carbocycles. The van der Waals surface area contributed by atoms with Crippen molar-refractivity contribution in [2.45, 2.75) is 12.7 Å². The lowest BCUT2D eigenvalue weighted by Crippen LogP contribution is -2.24. The zero-order chi connectivity index (χ0) is 25.8. The van der Waals surface area contributed by atoms with E-state index in [9.17, 15) is 26.4 Å². The maximum atomic E-state index is 13.5. The zero-order valence-corrected chi connectivity index (χ0v) is 19.8. The van der Waals surface area contributed by atoms with Crippen LogP contribution in [0.15, 0.2) is 54.7 Å². The van der Waals surface area contributed by atoms with Gasteiger partial charge in [-0.15, -0.1) is 0 Å². The van der Waals surface area contributed by atoms with Crippen LogP contribution in [0, 0.1) is 0 Å². The van der Waals surface area contributed by atoms with Crippen molar-refractivity contribution in [2.75, 3.05) is 35.3 Å². The molecule has 0 aliphatic heterocycles. The molecular weight excluding hydrogens is 485 g/mol. The molecule has 0 unspecified atom stereocenters. The van der Waals surface area contributed by atoms with Crippen LogP contribution < -0.4 is 20.3 Å². The second-order valence-electron chi connectivity index (χ2n) is 7.49. The van der Waals surface area contributed by atoms with Crippen molar-refractivity contribution in [1.82, 2.24) is 15.3 Å². The quantitative estimate of drug-likeness (QED) is 0.426. The molecule has 35 heavy (non-hydrogen) atoms. The summed E-state index contributed by atoms with van der Waals surface area (Å²) in [5.41, 5.74) is 0.747. The molecule has 3 rings (SSSR count). The zero-order valence-electron chi connectivity index (χ0n) is 19.0. The Hall–Kier alpha value is -3.87. The van der Waals surface area contributed by atoms with Crippen LogP contribution in [0.4, 0.5) is 36.3 Å². The fraction of sp³-hybridized carbons (Fsp3) is 0.227. The largest absolute Gasteiger partial charge is 0.421 e. The fourth-order valence-corrected chi connectivity index (χ4v) is 3.50. The Labute approximate surface area is 200 Å². The number of anilines is 4. The summed E-state index contributed by atoms with van der Waals surface area (Å²) in [5, 5.41) is 7.97. The van der Waals surface area contributed by atoms with E-state index in [4.69, 9.17) is 0 Å². The minimum atomic E-state index is -4.70. The predicted octanol–water partition coefficient (Wildman–Crippen LogP) is 3.61. The predicted molar refractivity (Wildman–Crippen MR) is 127 cm³/mol. The summed E-state index contributed by atoms with van der Waals surface area (Å²) in [6.45, 7) is -0.0498. The number of halogens is 3. The van der Waals surface area contributed by atoms with Crippen LogP contribution in [0.25, 0.3) is 0 Å². The molecule has 2 aromatic carbocycles. The van der Waals surface area contributed by atoms with Crippen LogP contribution in [0.2, 0.25) is 0 Å². The molecule has 0 saturated carbocycles. The van der Waals surface area contributed by atoms with Gasteiger partial charge in [-0.2, -0.15) is 18.2 Å². The van der Waals surface area contributed by atoms with Crippen molar-refractivity contribution in [3.8, 4) is 0 Å². The Balaban J connectivity index is 1.83. The van der Waals surface area contributed by atoms with E-state index in [1.165, 1.54) is 14.1 Å². The first-order valence-electron chi connectivity index (χ1n) is 10.2. The maximum absolute atomic E-state index is 13.5. The highest BCUT2D eigenvalue weighted by Crippen LogP contribution is 2.34. The van der Waals surface area contributed by atoms with Gasteiger partial charge >= 0.3 is 6.18 Å². The molecule has 3 aromatic rings. The van der Waals surface area contributed by atoms with Crippen LogP contribution >= 0.6 is 0 Å². The molecule has 1 aromatic heterocycles. The molecule has 0 saturated heterocycles. The van der Waals surface area contributed by atoms with E-state index in [2.05, 4.69) is 25.9 Å². The first kappa shape index (κ1) is 25.7. The number of benzene rings is 2. The lowest BCUT2D eigenvalue weighted by atomic mass is 10.2. The summed E-state index contributed by atoms with van der Waals surface area (Å²) in [6.07, 6.45) is -2.98. The van der Waals surface area contributed by atoms with Gasteiger partial charge in [-0.05, 0) is 42.0 Å². The minimum absolute atomic E-state index is 0.0498. The number of carbonyl (C=O) groups is 1. The lowest BCUT2D eigenvalue weighted by molar-refractivity contribution is -0.137. The van der Waals surface area contributed by atoms with E-state index in [-0.39, 0.29) is 18.4 Å². The summed E-state index contributed by atoms with van der Waals surface area (Å²) < 4.78 is 65.2. The number of sulfonamides is 1. The van der Waals surface area contributed by atoms with Gasteiger partial charge in [-0.25, -0.2) is 13.4 Å². The Kier molecular flexibility index (Phi) is 7.48. The van der Waals surface area contributed by atoms with E-state index >= 15 is 0 Å². The van der Waals surface area contributed by atoms with Gasteiger partial charge in [-0.3, -0.25) is 9.10 Å². The van der Waals surface area contributed by atoms with Crippen LogP contribution in [-0.4, -0.2) is 44.6 Å². The van der Waals surface area contributed by atoms with Crippen LogP contribution in [0.3, 0.4) is 0 Å². The van der Waals surface area contributed by atoms with Crippen molar-refractivity contribution in [2.24, 2.45) is 0 Å². The van der Waals surface area contributed by atoms with E-state index in [0.29, 0.717) is 28.7 Å². The standard InChI is InChI=1S/C22H23F3N6O3S/c1-26-20(32)15-7-9-16(10-8-15)29-21-28-13-18(22(23,24)25)19(30-21)27-12-14-5-4-6-17(11-14)31(2)35(3,33)34/h4-11,13H,12H2,1-3H3,(H,26,32)(H2,27,28,29,30). The highest BCUT2D eigenvalue weighted by Gasteiger charge is 2.35. The smallest absolute Gasteiger partial charge is 0.365 e. The molecule has 186 valence electrons. The van der Waals surface area contributed by atoms with Crippen molar-refractivity contribution in [3.05, 3.63) is 71.4 Å². The summed E-state index contributed by atoms with van der Waals surface area (Å²) in [5.74, 6) is -0.807. The van der Waals surface area contributed by atoms with Gasteiger partial charge in [0, 0.05) is 38.1 Å². The van der Waals surface area contributed by atoms with Crippen molar-refractivity contribution in [3.63, 3.8) is 0 Å². The molecule has 0 aliphatic rings. The SMILES string of the molecule is CNC(=O)c1ccc(Nc2ncc(C(F)(F)F)c(NCc3cccc(N(C)S(C)(=O)=O)c3)n2)cc1. The third-order valence-electron chi connectivity index (χ3n) is 4.96. The van der Waals surface area contributed by atoms with E-state index in [0.717, 1.165) is 10.6 Å². The summed E-state index contributed by atoms with van der Waals surface area (Å²) >= 11 is 0. The topological polar surface area (TPSA) is 116 Å². The first-order chi connectivity index (χ1) is 16.4. The third-order valence-corrected chi connectivity index (χ3v) is 6.16. The number of aromatic nitrogens is 2. The molecule has 9 nitrogen and oxygen atoms in total. The molecular formula is C22H23F3N6O3S. The number of hydrogen-bond acceptors (Lipinski definition) is 7. The van der Waals surface area contributed by atoms with Gasteiger partial charge in [0.05, 0.1) is 11.9 Å². The number of hydrogen-bond donors (Lipinski definition) is 3. The average Bonchev–Trinajstić information content (AvgIpc) is 2.81. The van der Waals surface area contributed by atoms with E-state index in [1.54, 1.807) is 48.5 Å². The Morgan fingerprint density at radius 3 is 2.40 bits per heavy atom. The summed E-state index contributed by atoms with van der Waals surface area (Å²) in [4.78, 5) is 19.4. The van der Waals surface area contributed by atoms with Gasteiger partial charge in [0.1, 0.15) is 11.4 Å². The summed E-state index contributed by atoms with van der Waals surface area (Å²) in [6, 6.07) is 12.6. The number of carbonyl (C=O) groups excluding carboxylic acids is 1. The number of amides is 1. The van der Waals surface area contributed by atoms with Gasteiger partial charge < -0.3 is 16.0 Å². The molecule has 3 N–H and O–H groups in total. The van der Waals surface area contributed by atoms with Gasteiger partial charge in [0.2, 0.25) is 16.0 Å². The van der Waals surface area contributed by atoms with Crippen molar-refractivity contribution < 1.29 is 26.4 Å². The van der Waals surface area contributed by atoms with Crippen molar-refractivity contribution >= 4 is 39.1 Å². The average molecular weight is 509 g/mol. The fourth-order valence-electron chi connectivity index (χ4n) is 3.00. The second kappa shape index (κ2) is 10.2. The molecule has 0 radical (unpaired) electrons. The Morgan fingerprint density at radius 1 is 1.11 bits per heavy atom. The van der Waals surface area contributed by atoms with Gasteiger partial charge in [-0.1, -0.05) is 12.1 Å². The maximum Gasteiger partial charge on any atom is 0.421 e. The third kappa shape index (κ3) is 6.59. The van der Waals surface area contributed by atoms with Gasteiger partial charge in [0.15, 0.2) is 0 Å². The molecule has 1 heterocycles. The molecule has 0 spiro atoms. The Bertz CT molecular complexity index is 1310. The van der Waals surface area contributed by atoms with Crippen LogP contribution in [0.1, 0.15) is 21.5 Å². The Morgan fingerprint density at radius 2 is 1.80 bits per heavy atom. The van der Waals surface area contributed by atoms with Gasteiger partial charge in [0.25, 0.3) is 5.91 Å². The molecule has 13 heteroatoms. The normalized spacial score (nSPS) is 11.6. The first-order valence-corrected chi connectivity index (χ1v) is 12.0. The molecule has 1 amide bonds. The number of alkyl halides is 3. The number of rotatable bonds is 8. The molecule has 0 fully saturated rings. The molecule has 0 atom stereocenters. The summed E-state index contributed by atoms with van der Waals surface area (Å²) in [7, 11) is -0.616. The number of nitrogens with one attached hydrogen (secondary N) is 3. The van der Waals surface area contributed by atoms with E-state index < -0.39 is 27.6 Å². The van der Waals surface area contributed by atoms with Crippen LogP contribution in [-0.2, 0) is 22.7 Å². The van der Waals surface area contributed by atoms with Crippen LogP contribution in [0.5, 0.6) is 0 Å². The number of nitrogens with zero attached hydrogens (tertiary/aromatic N) is 3. The highest BCUT2D eigenvalue weighted by atomic mass is 32.2.